The molecule has 3 heteroatoms. The van der Waals surface area contributed by atoms with Gasteiger partial charge in [0.05, 0.1) is 5.92 Å². The maximum atomic E-state index is 11.3. The molecule has 0 aliphatic carbocycles. The molecule has 0 aliphatic heterocycles. The highest BCUT2D eigenvalue weighted by molar-refractivity contribution is 9.10. The molecule has 0 aromatic heterocycles. The third-order valence-electron chi connectivity index (χ3n) is 3.52. The molecule has 18 heavy (non-hydrogen) atoms. The molecule has 0 spiro atoms. The summed E-state index contributed by atoms with van der Waals surface area (Å²) in [7, 11) is 0. The smallest absolute Gasteiger partial charge is 0.306 e. The fraction of sp³-hybridized carbons (Fsp3) is 0.533. The third-order valence-corrected chi connectivity index (χ3v) is 4.05. The second kappa shape index (κ2) is 7.57. The fourth-order valence-corrected chi connectivity index (χ4v) is 2.47. The van der Waals surface area contributed by atoms with Crippen LogP contribution >= 0.6 is 15.9 Å². The number of carboxylic acid groups (broad SMARTS) is 1. The largest absolute Gasteiger partial charge is 0.481 e. The molecule has 0 bridgehead atoms. The fourth-order valence-electron chi connectivity index (χ4n) is 2.20. The standard InChI is InChI=1S/C15H21BrO2/c1-3-11(4-2)9-13(15(17)18)10-12-5-7-14(16)8-6-12/h5-8,11,13H,3-4,9-10H2,1-2H3,(H,17,18). The lowest BCUT2D eigenvalue weighted by Gasteiger charge is -2.18. The summed E-state index contributed by atoms with van der Waals surface area (Å²) < 4.78 is 1.03. The highest BCUT2D eigenvalue weighted by Gasteiger charge is 2.21. The molecule has 1 atom stereocenters. The van der Waals surface area contributed by atoms with Gasteiger partial charge in [-0.15, -0.1) is 0 Å². The predicted octanol–water partition coefficient (Wildman–Crippen LogP) is 4.52. The minimum atomic E-state index is -0.676. The molecule has 0 heterocycles. The lowest BCUT2D eigenvalue weighted by molar-refractivity contribution is -0.142. The van der Waals surface area contributed by atoms with Crippen LogP contribution in [0.2, 0.25) is 0 Å². The summed E-state index contributed by atoms with van der Waals surface area (Å²) in [6.07, 6.45) is 3.51. The Morgan fingerprint density at radius 1 is 1.22 bits per heavy atom. The van der Waals surface area contributed by atoms with E-state index in [9.17, 15) is 9.90 Å². The second-order valence-electron chi connectivity index (χ2n) is 4.78. The van der Waals surface area contributed by atoms with Crippen molar-refractivity contribution in [3.63, 3.8) is 0 Å². The van der Waals surface area contributed by atoms with Crippen LogP contribution in [0.4, 0.5) is 0 Å². The summed E-state index contributed by atoms with van der Waals surface area (Å²) in [5.41, 5.74) is 1.09. The van der Waals surface area contributed by atoms with Gasteiger partial charge in [0.1, 0.15) is 0 Å². The molecule has 1 N–H and O–H groups in total. The first-order valence-corrected chi connectivity index (χ1v) is 7.33. The normalized spacial score (nSPS) is 12.7. The zero-order chi connectivity index (χ0) is 13.5. The van der Waals surface area contributed by atoms with E-state index in [1.54, 1.807) is 0 Å². The van der Waals surface area contributed by atoms with Crippen LogP contribution in [0.5, 0.6) is 0 Å². The van der Waals surface area contributed by atoms with E-state index < -0.39 is 5.97 Å². The molecule has 0 radical (unpaired) electrons. The summed E-state index contributed by atoms with van der Waals surface area (Å²) in [4.78, 5) is 11.3. The van der Waals surface area contributed by atoms with E-state index in [4.69, 9.17) is 0 Å². The molecule has 1 aromatic carbocycles. The Labute approximate surface area is 118 Å². The van der Waals surface area contributed by atoms with Gasteiger partial charge in [-0.3, -0.25) is 4.79 Å². The van der Waals surface area contributed by atoms with Gasteiger partial charge in [0.15, 0.2) is 0 Å². The Kier molecular flexibility index (Phi) is 6.41. The minimum Gasteiger partial charge on any atom is -0.481 e. The zero-order valence-corrected chi connectivity index (χ0v) is 12.6. The highest BCUT2D eigenvalue weighted by atomic mass is 79.9. The Morgan fingerprint density at radius 3 is 2.22 bits per heavy atom. The Hall–Kier alpha value is -0.830. The number of hydrogen-bond donors (Lipinski definition) is 1. The van der Waals surface area contributed by atoms with E-state index in [2.05, 4.69) is 29.8 Å². The van der Waals surface area contributed by atoms with Crippen LogP contribution in [0.15, 0.2) is 28.7 Å². The van der Waals surface area contributed by atoms with Crippen LogP contribution in [0.1, 0.15) is 38.7 Å². The number of aliphatic carboxylic acids is 1. The van der Waals surface area contributed by atoms with Crippen LogP contribution in [0, 0.1) is 11.8 Å². The molecule has 0 saturated carbocycles. The van der Waals surface area contributed by atoms with Crippen LogP contribution in [-0.4, -0.2) is 11.1 Å². The molecule has 2 nitrogen and oxygen atoms in total. The van der Waals surface area contributed by atoms with Crippen molar-refractivity contribution in [2.75, 3.05) is 0 Å². The Bertz CT molecular complexity index is 369. The van der Waals surface area contributed by atoms with E-state index >= 15 is 0 Å². The second-order valence-corrected chi connectivity index (χ2v) is 5.70. The zero-order valence-electron chi connectivity index (χ0n) is 11.0. The van der Waals surface area contributed by atoms with Crippen molar-refractivity contribution in [3.8, 4) is 0 Å². The van der Waals surface area contributed by atoms with E-state index in [-0.39, 0.29) is 5.92 Å². The molecule has 1 aromatic rings. The van der Waals surface area contributed by atoms with Gasteiger partial charge >= 0.3 is 5.97 Å². The first-order chi connectivity index (χ1) is 8.56. The summed E-state index contributed by atoms with van der Waals surface area (Å²) in [6.45, 7) is 4.26. The molecule has 0 amide bonds. The maximum Gasteiger partial charge on any atom is 0.306 e. The van der Waals surface area contributed by atoms with Crippen LogP contribution in [-0.2, 0) is 11.2 Å². The summed E-state index contributed by atoms with van der Waals surface area (Å²) in [5, 5.41) is 9.32. The van der Waals surface area contributed by atoms with E-state index in [1.807, 2.05) is 24.3 Å². The van der Waals surface area contributed by atoms with Gasteiger partial charge < -0.3 is 5.11 Å². The lowest BCUT2D eigenvalue weighted by Crippen LogP contribution is -2.20. The van der Waals surface area contributed by atoms with Crippen LogP contribution < -0.4 is 0 Å². The quantitative estimate of drug-likeness (QED) is 0.803. The van der Waals surface area contributed by atoms with Gasteiger partial charge in [0.2, 0.25) is 0 Å². The minimum absolute atomic E-state index is 0.268. The number of benzene rings is 1. The van der Waals surface area contributed by atoms with E-state index in [0.29, 0.717) is 12.3 Å². The average molecular weight is 313 g/mol. The molecule has 0 aliphatic rings. The molecule has 1 unspecified atom stereocenters. The van der Waals surface area contributed by atoms with Gasteiger partial charge in [0.25, 0.3) is 0 Å². The summed E-state index contributed by atoms with van der Waals surface area (Å²) >= 11 is 3.39. The molecule has 0 fully saturated rings. The van der Waals surface area contributed by atoms with E-state index in [1.165, 1.54) is 0 Å². The third kappa shape index (κ3) is 4.81. The predicted molar refractivity (Wildman–Crippen MR) is 77.7 cm³/mol. The van der Waals surface area contributed by atoms with Crippen molar-refractivity contribution in [2.24, 2.45) is 11.8 Å². The van der Waals surface area contributed by atoms with Crippen LogP contribution in [0.3, 0.4) is 0 Å². The topological polar surface area (TPSA) is 37.3 Å². The van der Waals surface area contributed by atoms with Gasteiger partial charge in [-0.25, -0.2) is 0 Å². The Balaban J connectivity index is 2.68. The first-order valence-electron chi connectivity index (χ1n) is 6.54. The van der Waals surface area contributed by atoms with Gasteiger partial charge in [-0.1, -0.05) is 54.8 Å². The van der Waals surface area contributed by atoms with Crippen molar-refractivity contribution in [1.29, 1.82) is 0 Å². The molecular formula is C15H21BrO2. The molecular weight excluding hydrogens is 292 g/mol. The number of carbonyl (C=O) groups is 1. The molecule has 100 valence electrons. The van der Waals surface area contributed by atoms with Crippen molar-refractivity contribution >= 4 is 21.9 Å². The average Bonchev–Trinajstić information content (AvgIpc) is 2.36. The molecule has 1 rings (SSSR count). The van der Waals surface area contributed by atoms with Crippen molar-refractivity contribution in [3.05, 3.63) is 34.3 Å². The van der Waals surface area contributed by atoms with Crippen molar-refractivity contribution in [2.45, 2.75) is 39.5 Å². The lowest BCUT2D eigenvalue weighted by atomic mass is 9.87. The number of carboxylic acids is 1. The van der Waals surface area contributed by atoms with Crippen molar-refractivity contribution in [1.82, 2.24) is 0 Å². The molecule has 0 saturated heterocycles. The van der Waals surface area contributed by atoms with Crippen LogP contribution in [0.25, 0.3) is 0 Å². The number of hydrogen-bond acceptors (Lipinski definition) is 1. The Morgan fingerprint density at radius 2 is 1.78 bits per heavy atom. The van der Waals surface area contributed by atoms with Gasteiger partial charge in [-0.2, -0.15) is 0 Å². The first kappa shape index (κ1) is 15.2. The van der Waals surface area contributed by atoms with E-state index in [0.717, 1.165) is 29.3 Å². The number of rotatable bonds is 7. The van der Waals surface area contributed by atoms with Gasteiger partial charge in [0, 0.05) is 4.47 Å². The summed E-state index contributed by atoms with van der Waals surface area (Å²) in [5.74, 6) is -0.428. The monoisotopic (exact) mass is 312 g/mol. The van der Waals surface area contributed by atoms with Gasteiger partial charge in [-0.05, 0) is 36.5 Å². The number of halogens is 1. The highest BCUT2D eigenvalue weighted by Crippen LogP contribution is 2.23. The SMILES string of the molecule is CCC(CC)CC(Cc1ccc(Br)cc1)C(=O)O. The summed E-state index contributed by atoms with van der Waals surface area (Å²) in [6, 6.07) is 7.91. The van der Waals surface area contributed by atoms with Crippen molar-refractivity contribution < 1.29 is 9.90 Å². The maximum absolute atomic E-state index is 11.3.